The number of nitrogens with one attached hydrogen (secondary N) is 2. The molecule has 0 aromatic carbocycles. The first-order valence-electron chi connectivity index (χ1n) is 7.30. The van der Waals surface area contributed by atoms with E-state index >= 15 is 0 Å². The first-order valence-corrected chi connectivity index (χ1v) is 8.11. The Bertz CT molecular complexity index is 506. The zero-order chi connectivity index (χ0) is 15.4. The Labute approximate surface area is 128 Å². The number of aromatic nitrogens is 1. The molecule has 2 atom stereocenters. The first kappa shape index (κ1) is 15.8. The Hall–Kier alpha value is -1.63. The molecule has 1 aliphatic carbocycles. The Morgan fingerprint density at radius 3 is 2.71 bits per heavy atom. The van der Waals surface area contributed by atoms with Gasteiger partial charge >= 0.3 is 12.0 Å². The van der Waals surface area contributed by atoms with Crippen molar-refractivity contribution in [1.82, 2.24) is 10.3 Å². The van der Waals surface area contributed by atoms with Crippen LogP contribution in [0.1, 0.15) is 43.7 Å². The molecule has 2 unspecified atom stereocenters. The van der Waals surface area contributed by atoms with E-state index in [9.17, 15) is 9.59 Å². The third kappa shape index (κ3) is 3.93. The van der Waals surface area contributed by atoms with E-state index in [1.54, 1.807) is 6.92 Å². The van der Waals surface area contributed by atoms with Gasteiger partial charge in [0.05, 0.1) is 5.69 Å². The van der Waals surface area contributed by atoms with Crippen molar-refractivity contribution in [3.8, 4) is 0 Å². The topological polar surface area (TPSA) is 91.3 Å². The van der Waals surface area contributed by atoms with Gasteiger partial charge in [0.25, 0.3) is 0 Å². The number of urea groups is 1. The number of carbonyl (C=O) groups excluding carboxylic acids is 1. The van der Waals surface area contributed by atoms with Gasteiger partial charge in [-0.15, -0.1) is 11.3 Å². The van der Waals surface area contributed by atoms with Crippen LogP contribution in [0.3, 0.4) is 0 Å². The zero-order valence-corrected chi connectivity index (χ0v) is 13.1. The fourth-order valence-corrected chi connectivity index (χ4v) is 3.41. The summed E-state index contributed by atoms with van der Waals surface area (Å²) in [4.78, 5) is 28.8. The molecular weight excluding hydrogens is 290 g/mol. The Kier molecular flexibility index (Phi) is 5.17. The van der Waals surface area contributed by atoms with Crippen molar-refractivity contribution < 1.29 is 14.7 Å². The summed E-state index contributed by atoms with van der Waals surface area (Å²) in [6, 6.07) is -1.39. The van der Waals surface area contributed by atoms with Crippen LogP contribution < -0.4 is 10.6 Å². The number of anilines is 1. The van der Waals surface area contributed by atoms with E-state index in [4.69, 9.17) is 5.11 Å². The van der Waals surface area contributed by atoms with Crippen LogP contribution in [0, 0.1) is 5.92 Å². The van der Waals surface area contributed by atoms with Crippen molar-refractivity contribution in [3.63, 3.8) is 0 Å². The Balaban J connectivity index is 1.97. The largest absolute Gasteiger partial charge is 0.480 e. The summed E-state index contributed by atoms with van der Waals surface area (Å²) < 4.78 is 0. The Morgan fingerprint density at radius 1 is 1.38 bits per heavy atom. The third-order valence-corrected chi connectivity index (χ3v) is 4.90. The number of fused-ring (bicyclic) bond motifs is 1. The number of amides is 2. The molecule has 3 N–H and O–H groups in total. The van der Waals surface area contributed by atoms with Crippen LogP contribution in [0.25, 0.3) is 0 Å². The van der Waals surface area contributed by atoms with Crippen LogP contribution in [-0.4, -0.2) is 28.1 Å². The Morgan fingerprint density at radius 2 is 2.10 bits per heavy atom. The van der Waals surface area contributed by atoms with Gasteiger partial charge in [-0.1, -0.05) is 20.3 Å². The summed E-state index contributed by atoms with van der Waals surface area (Å²) in [6.07, 6.45) is 4.96. The highest BCUT2D eigenvalue weighted by atomic mass is 32.1. The lowest BCUT2D eigenvalue weighted by atomic mass is 10.00. The minimum atomic E-state index is -1.02. The second-order valence-electron chi connectivity index (χ2n) is 5.40. The van der Waals surface area contributed by atoms with Crippen LogP contribution in [0.15, 0.2) is 0 Å². The van der Waals surface area contributed by atoms with Crippen molar-refractivity contribution in [2.45, 2.75) is 52.0 Å². The molecule has 1 aliphatic rings. The van der Waals surface area contributed by atoms with E-state index in [0.717, 1.165) is 31.4 Å². The van der Waals surface area contributed by atoms with Crippen LogP contribution in [0.4, 0.5) is 9.93 Å². The number of nitrogens with zero attached hydrogens (tertiary/aromatic N) is 1. The lowest BCUT2D eigenvalue weighted by Gasteiger charge is -2.19. The highest BCUT2D eigenvalue weighted by Gasteiger charge is 2.26. The predicted molar refractivity (Wildman–Crippen MR) is 81.8 cm³/mol. The van der Waals surface area contributed by atoms with E-state index < -0.39 is 18.0 Å². The van der Waals surface area contributed by atoms with Gasteiger partial charge in [-0.05, 0) is 31.6 Å². The lowest BCUT2D eigenvalue weighted by molar-refractivity contribution is -0.140. The SMILES string of the molecule is CCC(C)C(NC(=O)Nc1nc2c(s1)CCCC2)C(=O)O. The smallest absolute Gasteiger partial charge is 0.326 e. The summed E-state index contributed by atoms with van der Waals surface area (Å²) in [5.41, 5.74) is 1.07. The number of thiazole rings is 1. The quantitative estimate of drug-likeness (QED) is 0.779. The van der Waals surface area contributed by atoms with Crippen LogP contribution in [0.2, 0.25) is 0 Å². The molecule has 1 aromatic rings. The van der Waals surface area contributed by atoms with Crippen molar-refractivity contribution in [3.05, 3.63) is 10.6 Å². The summed E-state index contributed by atoms with van der Waals surface area (Å²) in [7, 11) is 0. The number of aliphatic carboxylic acids is 1. The molecule has 116 valence electrons. The number of carboxylic acids is 1. The molecule has 21 heavy (non-hydrogen) atoms. The second kappa shape index (κ2) is 6.89. The van der Waals surface area contributed by atoms with Gasteiger partial charge in [-0.3, -0.25) is 5.32 Å². The molecule has 0 saturated heterocycles. The average molecular weight is 311 g/mol. The number of rotatable bonds is 5. The molecular formula is C14H21N3O3S. The maximum Gasteiger partial charge on any atom is 0.326 e. The minimum Gasteiger partial charge on any atom is -0.480 e. The highest BCUT2D eigenvalue weighted by molar-refractivity contribution is 7.15. The normalized spacial score (nSPS) is 16.7. The molecule has 6 nitrogen and oxygen atoms in total. The maximum atomic E-state index is 11.9. The van der Waals surface area contributed by atoms with Crippen molar-refractivity contribution in [2.75, 3.05) is 5.32 Å². The van der Waals surface area contributed by atoms with Crippen LogP contribution in [0.5, 0.6) is 0 Å². The van der Waals surface area contributed by atoms with Gasteiger partial charge in [0.15, 0.2) is 5.13 Å². The summed E-state index contributed by atoms with van der Waals surface area (Å²) in [6.45, 7) is 3.70. The number of hydrogen-bond donors (Lipinski definition) is 3. The molecule has 0 saturated carbocycles. The molecule has 7 heteroatoms. The van der Waals surface area contributed by atoms with E-state index in [2.05, 4.69) is 15.6 Å². The molecule has 0 aliphatic heterocycles. The zero-order valence-electron chi connectivity index (χ0n) is 12.3. The van der Waals surface area contributed by atoms with E-state index in [-0.39, 0.29) is 5.92 Å². The molecule has 0 radical (unpaired) electrons. The van der Waals surface area contributed by atoms with Crippen LogP contribution >= 0.6 is 11.3 Å². The van der Waals surface area contributed by atoms with Crippen LogP contribution in [-0.2, 0) is 17.6 Å². The molecule has 2 rings (SSSR count). The lowest BCUT2D eigenvalue weighted by Crippen LogP contribution is -2.46. The highest BCUT2D eigenvalue weighted by Crippen LogP contribution is 2.29. The molecule has 0 bridgehead atoms. The standard InChI is InChI=1S/C14H21N3O3S/c1-3-8(2)11(12(18)19)16-13(20)17-14-15-9-6-4-5-7-10(9)21-14/h8,11H,3-7H2,1-2H3,(H,18,19)(H2,15,16,17,20). The molecule has 0 fully saturated rings. The monoisotopic (exact) mass is 311 g/mol. The fourth-order valence-electron chi connectivity index (χ4n) is 2.36. The average Bonchev–Trinajstić information content (AvgIpc) is 2.85. The summed E-state index contributed by atoms with van der Waals surface area (Å²) in [5, 5.41) is 14.9. The van der Waals surface area contributed by atoms with Gasteiger partial charge in [0.2, 0.25) is 0 Å². The van der Waals surface area contributed by atoms with Gasteiger partial charge in [0.1, 0.15) is 6.04 Å². The predicted octanol–water partition coefficient (Wildman–Crippen LogP) is 2.64. The van der Waals surface area contributed by atoms with Gasteiger partial charge < -0.3 is 10.4 Å². The van der Waals surface area contributed by atoms with Crippen molar-refractivity contribution >= 4 is 28.5 Å². The first-order chi connectivity index (χ1) is 10.0. The molecule has 2 amide bonds. The summed E-state index contributed by atoms with van der Waals surface area (Å²) in [5.74, 6) is -1.14. The number of carbonyl (C=O) groups is 2. The maximum absolute atomic E-state index is 11.9. The minimum absolute atomic E-state index is 0.127. The molecule has 1 heterocycles. The molecule has 0 spiro atoms. The van der Waals surface area contributed by atoms with Gasteiger partial charge in [-0.25, -0.2) is 14.6 Å². The van der Waals surface area contributed by atoms with E-state index in [1.807, 2.05) is 6.92 Å². The summed E-state index contributed by atoms with van der Waals surface area (Å²) >= 11 is 1.48. The second-order valence-corrected chi connectivity index (χ2v) is 6.48. The van der Waals surface area contributed by atoms with E-state index in [1.165, 1.54) is 16.2 Å². The fraction of sp³-hybridized carbons (Fsp3) is 0.643. The van der Waals surface area contributed by atoms with Crippen molar-refractivity contribution in [2.24, 2.45) is 5.92 Å². The van der Waals surface area contributed by atoms with Gasteiger partial charge in [-0.2, -0.15) is 0 Å². The third-order valence-electron chi connectivity index (χ3n) is 3.83. The molecule has 1 aromatic heterocycles. The number of hydrogen-bond acceptors (Lipinski definition) is 4. The van der Waals surface area contributed by atoms with Crippen molar-refractivity contribution in [1.29, 1.82) is 0 Å². The number of carboxylic acid groups (broad SMARTS) is 1. The van der Waals surface area contributed by atoms with E-state index in [0.29, 0.717) is 11.6 Å². The number of aryl methyl sites for hydroxylation is 2. The van der Waals surface area contributed by atoms with Gasteiger partial charge in [0, 0.05) is 4.88 Å².